The van der Waals surface area contributed by atoms with Gasteiger partial charge in [0.15, 0.2) is 5.82 Å². The summed E-state index contributed by atoms with van der Waals surface area (Å²) < 4.78 is 2.06. The molecule has 0 spiro atoms. The van der Waals surface area contributed by atoms with Gasteiger partial charge in [0.1, 0.15) is 0 Å². The van der Waals surface area contributed by atoms with Gasteiger partial charge >= 0.3 is 0 Å². The van der Waals surface area contributed by atoms with Crippen LogP contribution in [0, 0.1) is 0 Å². The van der Waals surface area contributed by atoms with Gasteiger partial charge in [0.25, 0.3) is 0 Å². The predicted molar refractivity (Wildman–Crippen MR) is 98.9 cm³/mol. The quantitative estimate of drug-likeness (QED) is 0.502. The van der Waals surface area contributed by atoms with E-state index in [2.05, 4.69) is 39.9 Å². The minimum absolute atomic E-state index is 0.719. The number of hydrogen-bond donors (Lipinski definition) is 0. The summed E-state index contributed by atoms with van der Waals surface area (Å²) in [5, 5.41) is 1.15. The van der Waals surface area contributed by atoms with Gasteiger partial charge in [-0.25, -0.2) is 9.98 Å². The highest BCUT2D eigenvalue weighted by molar-refractivity contribution is 6.13. The van der Waals surface area contributed by atoms with Crippen molar-refractivity contribution in [2.75, 3.05) is 0 Å². The Kier molecular flexibility index (Phi) is 3.67. The highest BCUT2D eigenvalue weighted by atomic mass is 15.0. The Labute approximate surface area is 140 Å². The predicted octanol–water partition coefficient (Wildman–Crippen LogP) is 4.74. The number of hydrogen-bond acceptors (Lipinski definition) is 2. The second kappa shape index (κ2) is 6.13. The van der Waals surface area contributed by atoms with Crippen molar-refractivity contribution in [3.8, 4) is 0 Å². The standard InChI is InChI=1S/C21H17N3/c1-24-13-12-18-14-20(22-15-19(18)24)23-21(16-8-4-2-5-9-16)17-10-6-3-7-11-17/h2-15H,1H3. The van der Waals surface area contributed by atoms with Crippen LogP contribution in [0.4, 0.5) is 5.82 Å². The number of aliphatic imine (C=N–C) groups is 1. The van der Waals surface area contributed by atoms with Crippen LogP contribution in [0.15, 0.2) is 90.2 Å². The normalized spacial score (nSPS) is 10.7. The van der Waals surface area contributed by atoms with E-state index >= 15 is 0 Å². The lowest BCUT2D eigenvalue weighted by molar-refractivity contribution is 0.965. The van der Waals surface area contributed by atoms with Gasteiger partial charge in [0.05, 0.1) is 17.4 Å². The van der Waals surface area contributed by atoms with Crippen LogP contribution in [0.2, 0.25) is 0 Å². The van der Waals surface area contributed by atoms with Crippen molar-refractivity contribution in [3.63, 3.8) is 0 Å². The van der Waals surface area contributed by atoms with Crippen molar-refractivity contribution in [2.45, 2.75) is 0 Å². The van der Waals surface area contributed by atoms with Crippen molar-refractivity contribution in [1.82, 2.24) is 9.55 Å². The highest BCUT2D eigenvalue weighted by Crippen LogP contribution is 2.21. The van der Waals surface area contributed by atoms with Crippen molar-refractivity contribution >= 4 is 22.4 Å². The van der Waals surface area contributed by atoms with E-state index in [1.807, 2.05) is 61.9 Å². The van der Waals surface area contributed by atoms with E-state index < -0.39 is 0 Å². The van der Waals surface area contributed by atoms with Crippen LogP contribution in [0.3, 0.4) is 0 Å². The molecular weight excluding hydrogens is 294 g/mol. The van der Waals surface area contributed by atoms with E-state index in [-0.39, 0.29) is 0 Å². The lowest BCUT2D eigenvalue weighted by Gasteiger charge is -2.07. The molecule has 0 radical (unpaired) electrons. The molecule has 0 saturated carbocycles. The summed E-state index contributed by atoms with van der Waals surface area (Å²) in [6, 6.07) is 24.6. The Morgan fingerprint density at radius 2 is 1.50 bits per heavy atom. The number of pyridine rings is 1. The fourth-order valence-electron chi connectivity index (χ4n) is 2.82. The van der Waals surface area contributed by atoms with Gasteiger partial charge in [-0.05, 0) is 12.1 Å². The summed E-state index contributed by atoms with van der Waals surface area (Å²) in [5.74, 6) is 0.719. The average molecular weight is 311 g/mol. The van der Waals surface area contributed by atoms with E-state index in [0.717, 1.165) is 33.6 Å². The maximum absolute atomic E-state index is 4.85. The lowest BCUT2D eigenvalue weighted by atomic mass is 10.0. The molecule has 0 fully saturated rings. The molecule has 2 aromatic carbocycles. The van der Waals surface area contributed by atoms with Crippen molar-refractivity contribution in [1.29, 1.82) is 0 Å². The first-order valence-corrected chi connectivity index (χ1v) is 7.92. The number of benzene rings is 2. The smallest absolute Gasteiger partial charge is 0.153 e. The topological polar surface area (TPSA) is 30.2 Å². The van der Waals surface area contributed by atoms with Gasteiger partial charge in [-0.2, -0.15) is 0 Å². The Balaban J connectivity index is 1.86. The van der Waals surface area contributed by atoms with Crippen molar-refractivity contribution in [2.24, 2.45) is 12.0 Å². The number of rotatable bonds is 3. The third-order valence-corrected chi connectivity index (χ3v) is 4.08. The van der Waals surface area contributed by atoms with Crippen LogP contribution >= 0.6 is 0 Å². The second-order valence-electron chi connectivity index (χ2n) is 5.72. The van der Waals surface area contributed by atoms with E-state index in [1.165, 1.54) is 0 Å². The van der Waals surface area contributed by atoms with E-state index in [9.17, 15) is 0 Å². The molecule has 0 aliphatic rings. The summed E-state index contributed by atoms with van der Waals surface area (Å²) in [6.45, 7) is 0. The maximum Gasteiger partial charge on any atom is 0.153 e. The molecule has 3 nitrogen and oxygen atoms in total. The van der Waals surface area contributed by atoms with Crippen LogP contribution in [0.1, 0.15) is 11.1 Å². The molecule has 4 aromatic rings. The minimum Gasteiger partial charge on any atom is -0.349 e. The van der Waals surface area contributed by atoms with Crippen LogP contribution in [0.25, 0.3) is 10.9 Å². The van der Waals surface area contributed by atoms with Gasteiger partial charge in [-0.1, -0.05) is 60.7 Å². The third-order valence-electron chi connectivity index (χ3n) is 4.08. The SMILES string of the molecule is Cn1ccc2cc(N=C(c3ccccc3)c3ccccc3)ncc21. The zero-order valence-electron chi connectivity index (χ0n) is 13.4. The largest absolute Gasteiger partial charge is 0.349 e. The number of fused-ring (bicyclic) bond motifs is 1. The molecule has 0 saturated heterocycles. The molecule has 3 heteroatoms. The molecule has 0 aliphatic carbocycles. The molecule has 0 aliphatic heterocycles. The summed E-state index contributed by atoms with van der Waals surface area (Å²) in [6.07, 6.45) is 3.91. The molecule has 0 N–H and O–H groups in total. The van der Waals surface area contributed by atoms with E-state index in [4.69, 9.17) is 4.99 Å². The molecule has 0 unspecified atom stereocenters. The van der Waals surface area contributed by atoms with Crippen molar-refractivity contribution < 1.29 is 0 Å². The Morgan fingerprint density at radius 1 is 0.875 bits per heavy atom. The molecule has 0 atom stereocenters. The summed E-state index contributed by atoms with van der Waals surface area (Å²) in [7, 11) is 2.02. The van der Waals surface area contributed by atoms with Crippen molar-refractivity contribution in [3.05, 3.63) is 96.3 Å². The first kappa shape index (κ1) is 14.4. The van der Waals surface area contributed by atoms with Crippen LogP contribution in [0.5, 0.6) is 0 Å². The lowest BCUT2D eigenvalue weighted by Crippen LogP contribution is -2.02. The molecule has 116 valence electrons. The first-order valence-electron chi connectivity index (χ1n) is 7.92. The third kappa shape index (κ3) is 2.72. The van der Waals surface area contributed by atoms with Gasteiger partial charge in [0, 0.05) is 29.8 Å². The number of nitrogens with zero attached hydrogens (tertiary/aromatic N) is 3. The summed E-state index contributed by atoms with van der Waals surface area (Å²) in [5.41, 5.74) is 4.20. The van der Waals surface area contributed by atoms with Crippen LogP contribution in [-0.4, -0.2) is 15.3 Å². The second-order valence-corrected chi connectivity index (χ2v) is 5.72. The molecule has 0 amide bonds. The Morgan fingerprint density at radius 3 is 2.12 bits per heavy atom. The first-order chi connectivity index (χ1) is 11.8. The fraction of sp³-hybridized carbons (Fsp3) is 0.0476. The molecule has 2 heterocycles. The Bertz CT molecular complexity index is 958. The number of aromatic nitrogens is 2. The van der Waals surface area contributed by atoms with Gasteiger partial charge in [0.2, 0.25) is 0 Å². The Hall–Kier alpha value is -3.20. The van der Waals surface area contributed by atoms with Gasteiger partial charge < -0.3 is 4.57 Å². The monoisotopic (exact) mass is 311 g/mol. The van der Waals surface area contributed by atoms with Crippen LogP contribution < -0.4 is 0 Å². The molecule has 24 heavy (non-hydrogen) atoms. The van der Waals surface area contributed by atoms with Gasteiger partial charge in [-0.3, -0.25) is 0 Å². The molecular formula is C21H17N3. The number of aryl methyl sites for hydroxylation is 1. The van der Waals surface area contributed by atoms with E-state index in [0.29, 0.717) is 0 Å². The zero-order valence-corrected chi connectivity index (χ0v) is 13.4. The minimum atomic E-state index is 0.719. The van der Waals surface area contributed by atoms with E-state index in [1.54, 1.807) is 0 Å². The average Bonchev–Trinajstić information content (AvgIpc) is 3.02. The fourth-order valence-corrected chi connectivity index (χ4v) is 2.82. The highest BCUT2D eigenvalue weighted by Gasteiger charge is 2.08. The molecule has 0 bridgehead atoms. The molecule has 2 aromatic heterocycles. The molecule has 4 rings (SSSR count). The summed E-state index contributed by atoms with van der Waals surface area (Å²) >= 11 is 0. The van der Waals surface area contributed by atoms with Gasteiger partial charge in [-0.15, -0.1) is 0 Å². The maximum atomic E-state index is 4.85. The van der Waals surface area contributed by atoms with Crippen LogP contribution in [-0.2, 0) is 7.05 Å². The zero-order chi connectivity index (χ0) is 16.4. The summed E-state index contributed by atoms with van der Waals surface area (Å²) in [4.78, 5) is 9.38.